The lowest BCUT2D eigenvalue weighted by molar-refractivity contribution is -0.463. The summed E-state index contributed by atoms with van der Waals surface area (Å²) in [5, 5.41) is 4.57. The molecule has 4 aliphatic heterocycles. The van der Waals surface area contributed by atoms with Gasteiger partial charge in [-0.3, -0.25) is 4.90 Å². The number of benzene rings is 2. The highest BCUT2D eigenvalue weighted by Crippen LogP contribution is 2.57. The first kappa shape index (κ1) is 40.2. The van der Waals surface area contributed by atoms with Crippen molar-refractivity contribution in [3.63, 3.8) is 0 Å². The number of piperazine rings is 1. The van der Waals surface area contributed by atoms with E-state index in [0.717, 1.165) is 6.42 Å². The molecule has 8 nitrogen and oxygen atoms in total. The van der Waals surface area contributed by atoms with Crippen LogP contribution in [-0.4, -0.2) is 100 Å². The van der Waals surface area contributed by atoms with Crippen LogP contribution in [0.15, 0.2) is 30.3 Å². The highest BCUT2D eigenvalue weighted by atomic mass is 19.4. The summed E-state index contributed by atoms with van der Waals surface area (Å²) in [4.78, 5) is 17.4. The molecular weight excluding hydrogens is 793 g/mol. The molecule has 0 amide bonds. The summed E-state index contributed by atoms with van der Waals surface area (Å²) in [7, 11) is 0. The Morgan fingerprint density at radius 3 is 2.38 bits per heavy atom. The van der Waals surface area contributed by atoms with Crippen LogP contribution in [0.2, 0.25) is 0 Å². The minimum atomic E-state index is -6.88. The van der Waals surface area contributed by atoms with Crippen LogP contribution >= 0.6 is 0 Å². The summed E-state index contributed by atoms with van der Waals surface area (Å²) in [5.41, 5.74) is -7.61. The van der Waals surface area contributed by atoms with Crippen LogP contribution in [0.25, 0.3) is 32.9 Å². The lowest BCUT2D eigenvalue weighted by Crippen LogP contribution is -2.68. The Morgan fingerprint density at radius 1 is 0.948 bits per heavy atom. The monoisotopic (exact) mass is 828 g/mol. The fraction of sp³-hybridized carbons (Fsp3) is 0.513. The SMILES string of the molecule is C#Cc1c(F)ccc2cccc(-c3nc4c5c(nc(OC[C@]67CCCN6C[C@H](OC(C(F)(F)F)(C(F)(F)F)C(F)(F)F)C7)nc5c3F)N3C[C@@H](CC)NC[C@H]3CC4)c12. The second-order valence-electron chi connectivity index (χ2n) is 15.3. The molecule has 4 aromatic rings. The molecule has 0 spiro atoms. The Balaban J connectivity index is 1.21. The first-order valence-electron chi connectivity index (χ1n) is 18.7. The zero-order valence-electron chi connectivity index (χ0n) is 30.7. The van der Waals surface area contributed by atoms with Gasteiger partial charge < -0.3 is 19.7 Å². The van der Waals surface area contributed by atoms with E-state index in [9.17, 15) is 39.5 Å². The van der Waals surface area contributed by atoms with Gasteiger partial charge >= 0.3 is 30.1 Å². The second kappa shape index (κ2) is 14.0. The van der Waals surface area contributed by atoms with E-state index >= 15 is 8.78 Å². The van der Waals surface area contributed by atoms with Crippen molar-refractivity contribution in [3.05, 3.63) is 53.2 Å². The molecule has 3 fully saturated rings. The van der Waals surface area contributed by atoms with Gasteiger partial charge in [0.15, 0.2) is 5.82 Å². The fourth-order valence-corrected chi connectivity index (χ4v) is 9.16. The number of aromatic nitrogens is 3. The number of hydrogen-bond acceptors (Lipinski definition) is 8. The molecule has 0 saturated carbocycles. The quantitative estimate of drug-likeness (QED) is 0.148. The van der Waals surface area contributed by atoms with Gasteiger partial charge in [0.2, 0.25) is 0 Å². The van der Waals surface area contributed by atoms with Crippen LogP contribution in [0.1, 0.15) is 50.3 Å². The Morgan fingerprint density at radius 2 is 1.69 bits per heavy atom. The average molecular weight is 829 g/mol. The summed E-state index contributed by atoms with van der Waals surface area (Å²) in [6.45, 7) is 1.98. The van der Waals surface area contributed by atoms with E-state index < -0.39 is 67.0 Å². The van der Waals surface area contributed by atoms with Crippen molar-refractivity contribution in [3.8, 4) is 29.6 Å². The van der Waals surface area contributed by atoms with E-state index in [-0.39, 0.29) is 58.8 Å². The third-order valence-electron chi connectivity index (χ3n) is 12.0. The van der Waals surface area contributed by atoms with Crippen LogP contribution < -0.4 is 15.0 Å². The summed E-state index contributed by atoms with van der Waals surface area (Å²) in [6, 6.07) is 7.10. The smallest absolute Gasteiger partial charge is 0.435 e. The van der Waals surface area contributed by atoms with E-state index in [1.165, 1.54) is 17.0 Å². The van der Waals surface area contributed by atoms with Crippen molar-refractivity contribution in [1.29, 1.82) is 0 Å². The Hall–Kier alpha value is -4.54. The molecule has 0 bridgehead atoms. The van der Waals surface area contributed by atoms with Gasteiger partial charge in [0, 0.05) is 42.7 Å². The number of fused-ring (bicyclic) bond motifs is 4. The number of terminal acetylenes is 1. The van der Waals surface area contributed by atoms with Gasteiger partial charge in [-0.2, -0.15) is 49.5 Å². The van der Waals surface area contributed by atoms with Crippen LogP contribution in [0.4, 0.5) is 54.1 Å². The van der Waals surface area contributed by atoms with Crippen LogP contribution in [0.5, 0.6) is 6.01 Å². The molecule has 6 heterocycles. The molecule has 0 radical (unpaired) electrons. The Bertz CT molecular complexity index is 2270. The predicted octanol–water partition coefficient (Wildman–Crippen LogP) is 8.04. The molecule has 0 aliphatic carbocycles. The Labute approximate surface area is 324 Å². The molecular formula is C39H35F11N6O2. The Kier molecular flexibility index (Phi) is 9.75. The van der Waals surface area contributed by atoms with Gasteiger partial charge in [0.1, 0.15) is 29.5 Å². The minimum Gasteiger partial charge on any atom is -0.461 e. The molecule has 4 aliphatic rings. The summed E-state index contributed by atoms with van der Waals surface area (Å²) < 4.78 is 167. The number of alkyl halides is 9. The van der Waals surface area contributed by atoms with Crippen LogP contribution in [0, 0.1) is 24.0 Å². The third-order valence-corrected chi connectivity index (χ3v) is 12.0. The maximum absolute atomic E-state index is 17.2. The number of rotatable bonds is 7. The number of hydrogen-bond donors (Lipinski definition) is 1. The number of halogens is 11. The van der Waals surface area contributed by atoms with Gasteiger partial charge in [-0.25, -0.2) is 13.8 Å². The normalized spacial score (nSPS) is 24.2. The van der Waals surface area contributed by atoms with Crippen molar-refractivity contribution < 1.29 is 57.8 Å². The predicted molar refractivity (Wildman–Crippen MR) is 189 cm³/mol. The molecule has 2 aromatic carbocycles. The largest absolute Gasteiger partial charge is 0.461 e. The molecule has 1 N–H and O–H groups in total. The molecule has 8 rings (SSSR count). The van der Waals surface area contributed by atoms with Crippen molar-refractivity contribution in [2.24, 2.45) is 0 Å². The molecule has 58 heavy (non-hydrogen) atoms. The number of aryl methyl sites for hydroxylation is 1. The first-order valence-corrected chi connectivity index (χ1v) is 18.7. The zero-order chi connectivity index (χ0) is 41.6. The highest BCUT2D eigenvalue weighted by Gasteiger charge is 2.86. The molecule has 3 saturated heterocycles. The van der Waals surface area contributed by atoms with Gasteiger partial charge in [-0.1, -0.05) is 37.1 Å². The third kappa shape index (κ3) is 6.28. The van der Waals surface area contributed by atoms with E-state index in [1.807, 2.05) is 11.8 Å². The summed E-state index contributed by atoms with van der Waals surface area (Å²) in [6.07, 6.45) is -15.5. The number of pyridine rings is 1. The van der Waals surface area contributed by atoms with Crippen LogP contribution in [-0.2, 0) is 11.2 Å². The van der Waals surface area contributed by atoms with Gasteiger partial charge in [0.05, 0.1) is 28.3 Å². The summed E-state index contributed by atoms with van der Waals surface area (Å²) in [5.74, 6) is 1.04. The number of nitrogens with one attached hydrogen (secondary N) is 1. The molecule has 4 atom stereocenters. The van der Waals surface area contributed by atoms with E-state index in [0.29, 0.717) is 54.6 Å². The van der Waals surface area contributed by atoms with E-state index in [1.54, 1.807) is 18.2 Å². The lowest BCUT2D eigenvalue weighted by atomic mass is 9.93. The topological polar surface area (TPSA) is 75.6 Å². The second-order valence-corrected chi connectivity index (χ2v) is 15.3. The fourth-order valence-electron chi connectivity index (χ4n) is 9.16. The molecule has 0 unspecified atom stereocenters. The number of nitrogens with zero attached hydrogens (tertiary/aromatic N) is 5. The van der Waals surface area contributed by atoms with Crippen molar-refractivity contribution in [1.82, 2.24) is 25.2 Å². The maximum Gasteiger partial charge on any atom is 0.435 e. The number of anilines is 1. The van der Waals surface area contributed by atoms with Gasteiger partial charge in [0.25, 0.3) is 0 Å². The van der Waals surface area contributed by atoms with Gasteiger partial charge in [-0.05, 0) is 56.5 Å². The van der Waals surface area contributed by atoms with Crippen molar-refractivity contribution >= 4 is 27.5 Å². The first-order chi connectivity index (χ1) is 27.3. The van der Waals surface area contributed by atoms with Crippen molar-refractivity contribution in [2.45, 2.75) is 93.3 Å². The van der Waals surface area contributed by atoms with Gasteiger partial charge in [-0.15, -0.1) is 6.42 Å². The molecule has 310 valence electrons. The van der Waals surface area contributed by atoms with E-state index in [4.69, 9.17) is 21.1 Å². The minimum absolute atomic E-state index is 0.0237. The standard InChI is InChI=1S/C39H35F11N6O2/c1-3-21-17-56-22(16-51-21)10-12-27-29-32(30(41)31(52-27)25-8-5-7-20-9-11-26(40)24(4-2)28(20)25)53-34(54-33(29)56)57-19-35-13-6-14-55(35)18-23(15-35)58-36(37(42,43)44,38(45,46)47)39(48,49)50/h2,5,7-9,11,21-23,51H,3,6,10,12-19H2,1H3/t21-,22-,23-,35-/m1/s1. The maximum atomic E-state index is 17.2. The zero-order valence-corrected chi connectivity index (χ0v) is 30.7. The lowest BCUT2D eigenvalue weighted by Gasteiger charge is -2.40. The van der Waals surface area contributed by atoms with E-state index in [2.05, 4.69) is 21.0 Å². The molecule has 19 heteroatoms. The molecule has 2 aromatic heterocycles. The highest BCUT2D eigenvalue weighted by molar-refractivity contribution is 6.02. The summed E-state index contributed by atoms with van der Waals surface area (Å²) >= 11 is 0. The van der Waals surface area contributed by atoms with Crippen molar-refractivity contribution in [2.75, 3.05) is 37.7 Å². The number of ether oxygens (including phenoxy) is 2. The van der Waals surface area contributed by atoms with Crippen LogP contribution in [0.3, 0.4) is 0 Å². The average Bonchev–Trinajstić information content (AvgIpc) is 3.66.